The monoisotopic (exact) mass is 476 g/mol. The van der Waals surface area contributed by atoms with E-state index >= 15 is 0 Å². The van der Waals surface area contributed by atoms with Crippen LogP contribution in [0.3, 0.4) is 0 Å². The van der Waals surface area contributed by atoms with E-state index in [4.69, 9.17) is 27.7 Å². The molecule has 0 saturated heterocycles. The Morgan fingerprint density at radius 1 is 1.17 bits per heavy atom. The SMILES string of the molecule is O=c1c(Cl)c(I)cnn1Cc1nc(CCc2ccc(Cl)cc2)no1. The van der Waals surface area contributed by atoms with Gasteiger partial charge in [-0.05, 0) is 46.7 Å². The van der Waals surface area contributed by atoms with E-state index in [9.17, 15) is 4.79 Å². The number of rotatable bonds is 5. The van der Waals surface area contributed by atoms with Crippen LogP contribution in [-0.2, 0) is 19.4 Å². The van der Waals surface area contributed by atoms with Crippen LogP contribution in [0.25, 0.3) is 0 Å². The Bertz CT molecular complexity index is 909. The van der Waals surface area contributed by atoms with Crippen LogP contribution in [0, 0.1) is 3.57 Å². The highest BCUT2D eigenvalue weighted by atomic mass is 127. The molecule has 0 aliphatic heterocycles. The molecule has 24 heavy (non-hydrogen) atoms. The van der Waals surface area contributed by atoms with Crippen molar-refractivity contribution in [2.75, 3.05) is 0 Å². The van der Waals surface area contributed by atoms with Crippen LogP contribution in [0.15, 0.2) is 39.8 Å². The molecule has 0 saturated carbocycles. The third kappa shape index (κ3) is 4.14. The van der Waals surface area contributed by atoms with Crippen molar-refractivity contribution in [2.45, 2.75) is 19.4 Å². The fraction of sp³-hybridized carbons (Fsp3) is 0.200. The average molecular weight is 477 g/mol. The molecule has 0 N–H and O–H groups in total. The molecule has 0 fully saturated rings. The molecule has 0 bridgehead atoms. The fourth-order valence-corrected chi connectivity index (χ4v) is 2.68. The number of benzene rings is 1. The first-order valence-electron chi connectivity index (χ1n) is 7.00. The van der Waals surface area contributed by atoms with E-state index in [1.165, 1.54) is 10.9 Å². The molecule has 1 aromatic carbocycles. The first kappa shape index (κ1) is 17.4. The maximum absolute atomic E-state index is 12.0. The smallest absolute Gasteiger partial charge is 0.287 e. The molecule has 2 aromatic heterocycles. The quantitative estimate of drug-likeness (QED) is 0.528. The van der Waals surface area contributed by atoms with Gasteiger partial charge in [-0.3, -0.25) is 4.79 Å². The summed E-state index contributed by atoms with van der Waals surface area (Å²) in [5.74, 6) is 0.887. The third-order valence-corrected chi connectivity index (χ3v) is 5.04. The van der Waals surface area contributed by atoms with Crippen LogP contribution in [0.1, 0.15) is 17.3 Å². The number of halogens is 3. The van der Waals surface area contributed by atoms with Gasteiger partial charge < -0.3 is 4.52 Å². The van der Waals surface area contributed by atoms with Crippen molar-refractivity contribution in [1.29, 1.82) is 0 Å². The summed E-state index contributed by atoms with van der Waals surface area (Å²) >= 11 is 13.7. The summed E-state index contributed by atoms with van der Waals surface area (Å²) in [6, 6.07) is 7.61. The number of hydrogen-bond donors (Lipinski definition) is 0. The Kier molecular flexibility index (Phi) is 5.52. The van der Waals surface area contributed by atoms with Crippen molar-refractivity contribution in [3.8, 4) is 0 Å². The molecule has 0 aliphatic carbocycles. The summed E-state index contributed by atoms with van der Waals surface area (Å²) in [7, 11) is 0. The summed E-state index contributed by atoms with van der Waals surface area (Å²) in [4.78, 5) is 16.3. The highest BCUT2D eigenvalue weighted by Gasteiger charge is 2.12. The third-order valence-electron chi connectivity index (χ3n) is 3.29. The predicted octanol–water partition coefficient (Wildman–Crippen LogP) is 3.37. The van der Waals surface area contributed by atoms with Crippen LogP contribution in [-0.4, -0.2) is 19.9 Å². The molecule has 0 radical (unpaired) electrons. The van der Waals surface area contributed by atoms with E-state index in [0.717, 1.165) is 12.0 Å². The summed E-state index contributed by atoms with van der Waals surface area (Å²) in [6.45, 7) is 0.0867. The molecule has 2 heterocycles. The van der Waals surface area contributed by atoms with Gasteiger partial charge in [0.15, 0.2) is 5.82 Å². The van der Waals surface area contributed by atoms with Gasteiger partial charge in [0.1, 0.15) is 11.6 Å². The average Bonchev–Trinajstić information content (AvgIpc) is 3.02. The Balaban J connectivity index is 1.66. The van der Waals surface area contributed by atoms with Crippen LogP contribution in [0.4, 0.5) is 0 Å². The largest absolute Gasteiger partial charge is 0.337 e. The minimum absolute atomic E-state index is 0.0867. The van der Waals surface area contributed by atoms with Gasteiger partial charge in [0.2, 0.25) is 5.89 Å². The number of hydrogen-bond acceptors (Lipinski definition) is 5. The van der Waals surface area contributed by atoms with E-state index in [0.29, 0.717) is 26.7 Å². The molecule has 0 unspecified atom stereocenters. The zero-order valence-corrected chi connectivity index (χ0v) is 15.9. The maximum Gasteiger partial charge on any atom is 0.287 e. The predicted molar refractivity (Wildman–Crippen MR) is 98.5 cm³/mol. The van der Waals surface area contributed by atoms with Crippen molar-refractivity contribution in [2.24, 2.45) is 0 Å². The molecule has 0 aliphatic rings. The first-order valence-corrected chi connectivity index (χ1v) is 8.83. The van der Waals surface area contributed by atoms with Crippen LogP contribution in [0.2, 0.25) is 10.0 Å². The topological polar surface area (TPSA) is 73.8 Å². The standard InChI is InChI=1S/C15H11Cl2IN4O2/c16-10-4-1-9(2-5-10)3-6-12-20-13(24-21-12)8-22-15(23)14(17)11(18)7-19-22/h1-2,4-5,7H,3,6,8H2. The van der Waals surface area contributed by atoms with Gasteiger partial charge in [-0.15, -0.1) is 0 Å². The number of aryl methyl sites for hydroxylation is 2. The highest BCUT2D eigenvalue weighted by molar-refractivity contribution is 14.1. The minimum Gasteiger partial charge on any atom is -0.337 e. The second-order valence-corrected chi connectivity index (χ2v) is 6.98. The van der Waals surface area contributed by atoms with Crippen LogP contribution in [0.5, 0.6) is 0 Å². The van der Waals surface area contributed by atoms with Crippen molar-refractivity contribution in [3.05, 3.63) is 71.7 Å². The van der Waals surface area contributed by atoms with Gasteiger partial charge in [-0.1, -0.05) is 40.5 Å². The van der Waals surface area contributed by atoms with Gasteiger partial charge in [0.25, 0.3) is 5.56 Å². The van der Waals surface area contributed by atoms with Crippen LogP contribution >= 0.6 is 45.8 Å². The molecule has 0 spiro atoms. The Morgan fingerprint density at radius 2 is 1.92 bits per heavy atom. The molecule has 124 valence electrons. The minimum atomic E-state index is -0.385. The molecule has 6 nitrogen and oxygen atoms in total. The van der Waals surface area contributed by atoms with Gasteiger partial charge in [0, 0.05) is 11.4 Å². The molecule has 3 rings (SSSR count). The second-order valence-electron chi connectivity index (χ2n) is 5.00. The van der Waals surface area contributed by atoms with Crippen molar-refractivity contribution < 1.29 is 4.52 Å². The zero-order valence-electron chi connectivity index (χ0n) is 12.2. The first-order chi connectivity index (χ1) is 11.5. The zero-order chi connectivity index (χ0) is 17.1. The lowest BCUT2D eigenvalue weighted by atomic mass is 10.1. The van der Waals surface area contributed by atoms with E-state index in [1.807, 2.05) is 46.9 Å². The summed E-state index contributed by atoms with van der Waals surface area (Å²) in [6.07, 6.45) is 2.91. The number of aromatic nitrogens is 4. The van der Waals surface area contributed by atoms with Gasteiger partial charge >= 0.3 is 0 Å². The molecule has 0 atom stereocenters. The Labute approximate surface area is 160 Å². The van der Waals surface area contributed by atoms with Gasteiger partial charge in [-0.25, -0.2) is 4.68 Å². The van der Waals surface area contributed by atoms with Crippen LogP contribution < -0.4 is 5.56 Å². The highest BCUT2D eigenvalue weighted by Crippen LogP contribution is 2.13. The lowest BCUT2D eigenvalue weighted by Crippen LogP contribution is -2.24. The summed E-state index contributed by atoms with van der Waals surface area (Å²) in [5, 5.41) is 8.78. The number of nitrogens with zero attached hydrogens (tertiary/aromatic N) is 4. The normalized spacial score (nSPS) is 11.0. The van der Waals surface area contributed by atoms with E-state index < -0.39 is 0 Å². The maximum atomic E-state index is 12.0. The Morgan fingerprint density at radius 3 is 2.67 bits per heavy atom. The van der Waals surface area contributed by atoms with E-state index in [2.05, 4.69) is 15.2 Å². The summed E-state index contributed by atoms with van der Waals surface area (Å²) < 4.78 is 6.97. The lowest BCUT2D eigenvalue weighted by Gasteiger charge is -2.01. The van der Waals surface area contributed by atoms with Gasteiger partial charge in [0.05, 0.1) is 9.77 Å². The molecular weight excluding hydrogens is 466 g/mol. The molecule has 0 amide bonds. The Hall–Kier alpha value is -1.45. The molecular formula is C15H11Cl2IN4O2. The summed E-state index contributed by atoms with van der Waals surface area (Å²) in [5.41, 5.74) is 0.748. The van der Waals surface area contributed by atoms with Crippen molar-refractivity contribution >= 4 is 45.8 Å². The van der Waals surface area contributed by atoms with Gasteiger partial charge in [-0.2, -0.15) is 10.1 Å². The fourth-order valence-electron chi connectivity index (χ4n) is 2.05. The molecule has 3 aromatic rings. The molecule has 9 heteroatoms. The van der Waals surface area contributed by atoms with Crippen molar-refractivity contribution in [3.63, 3.8) is 0 Å². The lowest BCUT2D eigenvalue weighted by molar-refractivity contribution is 0.358. The van der Waals surface area contributed by atoms with E-state index in [1.54, 1.807) is 0 Å². The second kappa shape index (κ2) is 7.62. The van der Waals surface area contributed by atoms with Crippen molar-refractivity contribution in [1.82, 2.24) is 19.9 Å². The van der Waals surface area contributed by atoms with E-state index in [-0.39, 0.29) is 17.1 Å².